The maximum atomic E-state index is 12.1. The van der Waals surface area contributed by atoms with E-state index in [2.05, 4.69) is 25.8 Å². The van der Waals surface area contributed by atoms with Gasteiger partial charge in [-0.1, -0.05) is 0 Å². The van der Waals surface area contributed by atoms with E-state index < -0.39 is 16.0 Å². The van der Waals surface area contributed by atoms with Crippen LogP contribution in [0.2, 0.25) is 0 Å². The first-order valence-corrected chi connectivity index (χ1v) is 7.94. The average Bonchev–Trinajstić information content (AvgIpc) is 2.86. The molecule has 102 valence electrons. The maximum Gasteiger partial charge on any atom is 0.345 e. The predicted molar refractivity (Wildman–Crippen MR) is 73.0 cm³/mol. The third kappa shape index (κ3) is 2.80. The fourth-order valence-electron chi connectivity index (χ4n) is 1.31. The van der Waals surface area contributed by atoms with Gasteiger partial charge < -0.3 is 5.11 Å². The van der Waals surface area contributed by atoms with Gasteiger partial charge in [-0.3, -0.25) is 9.40 Å². The summed E-state index contributed by atoms with van der Waals surface area (Å²) in [6, 6.07) is 2.60. The highest BCUT2D eigenvalue weighted by Crippen LogP contribution is 2.32. The number of nitrogens with zero attached hydrogens (tertiary/aromatic N) is 2. The van der Waals surface area contributed by atoms with Crippen molar-refractivity contribution in [3.8, 4) is 0 Å². The van der Waals surface area contributed by atoms with Crippen molar-refractivity contribution in [2.24, 2.45) is 7.05 Å². The van der Waals surface area contributed by atoms with Crippen LogP contribution in [0.25, 0.3) is 0 Å². The van der Waals surface area contributed by atoms with Crippen LogP contribution >= 0.6 is 27.3 Å². The minimum atomic E-state index is -3.86. The highest BCUT2D eigenvalue weighted by Gasteiger charge is 2.24. The van der Waals surface area contributed by atoms with Crippen LogP contribution < -0.4 is 4.72 Å². The number of rotatable bonds is 4. The Morgan fingerprint density at radius 2 is 2.26 bits per heavy atom. The van der Waals surface area contributed by atoms with E-state index in [1.807, 2.05) is 0 Å². The predicted octanol–water partition coefficient (Wildman–Crippen LogP) is 1.74. The van der Waals surface area contributed by atoms with E-state index in [1.54, 1.807) is 7.05 Å². The summed E-state index contributed by atoms with van der Waals surface area (Å²) in [6.07, 6.45) is 1.45. The van der Waals surface area contributed by atoms with Crippen molar-refractivity contribution in [3.05, 3.63) is 27.0 Å². The Morgan fingerprint density at radius 1 is 1.58 bits per heavy atom. The number of halogens is 1. The Hall–Kier alpha value is -1.39. The van der Waals surface area contributed by atoms with Crippen molar-refractivity contribution < 1.29 is 18.3 Å². The molecule has 0 atom stereocenters. The van der Waals surface area contributed by atoms with Gasteiger partial charge in [-0.25, -0.2) is 13.2 Å². The standard InChI is InChI=1S/C9H8BrN3O4S2/c1-13-7(2-3-11-13)12-19(16,17)6-4-5(9(14)15)18-8(6)10/h2-4,12H,1H3,(H,14,15). The van der Waals surface area contributed by atoms with Crippen molar-refractivity contribution in [2.45, 2.75) is 4.90 Å². The zero-order valence-corrected chi connectivity index (χ0v) is 12.7. The second-order valence-corrected chi connectivity index (χ2v) is 7.52. The first-order valence-electron chi connectivity index (χ1n) is 4.84. The number of hydrogen-bond acceptors (Lipinski definition) is 5. The number of carbonyl (C=O) groups is 1. The van der Waals surface area contributed by atoms with Gasteiger partial charge in [0.15, 0.2) is 0 Å². The number of carboxylic acids is 1. The number of aromatic nitrogens is 2. The van der Waals surface area contributed by atoms with Gasteiger partial charge >= 0.3 is 5.97 Å². The highest BCUT2D eigenvalue weighted by atomic mass is 79.9. The fourth-order valence-corrected chi connectivity index (χ4v) is 4.80. The smallest absolute Gasteiger partial charge is 0.345 e. The first kappa shape index (κ1) is 14.0. The van der Waals surface area contributed by atoms with E-state index in [9.17, 15) is 13.2 Å². The molecule has 2 heterocycles. The Morgan fingerprint density at radius 3 is 2.74 bits per heavy atom. The van der Waals surface area contributed by atoms with Crippen molar-refractivity contribution in [1.82, 2.24) is 9.78 Å². The Kier molecular flexibility index (Phi) is 3.65. The van der Waals surface area contributed by atoms with Crippen LogP contribution in [0.3, 0.4) is 0 Å². The summed E-state index contributed by atoms with van der Waals surface area (Å²) in [4.78, 5) is 10.7. The average molecular weight is 366 g/mol. The largest absolute Gasteiger partial charge is 0.477 e. The molecule has 0 saturated carbocycles. The maximum absolute atomic E-state index is 12.1. The summed E-state index contributed by atoms with van der Waals surface area (Å²) in [6.45, 7) is 0. The zero-order valence-electron chi connectivity index (χ0n) is 9.49. The van der Waals surface area contributed by atoms with E-state index in [4.69, 9.17) is 5.11 Å². The van der Waals surface area contributed by atoms with Gasteiger partial charge in [-0.2, -0.15) is 5.10 Å². The number of hydrogen-bond donors (Lipinski definition) is 2. The van der Waals surface area contributed by atoms with E-state index in [0.29, 0.717) is 0 Å². The Labute approximate surface area is 121 Å². The van der Waals surface area contributed by atoms with Crippen molar-refractivity contribution in [1.29, 1.82) is 0 Å². The minimum absolute atomic E-state index is 0.0581. The Bertz CT molecular complexity index is 734. The normalized spacial score (nSPS) is 11.5. The third-order valence-electron chi connectivity index (χ3n) is 2.22. The van der Waals surface area contributed by atoms with Crippen LogP contribution in [-0.2, 0) is 17.1 Å². The number of carboxylic acid groups (broad SMARTS) is 1. The van der Waals surface area contributed by atoms with Gasteiger partial charge in [0.2, 0.25) is 0 Å². The molecule has 0 amide bonds. The molecular formula is C9H8BrN3O4S2. The molecule has 0 bridgehead atoms. The molecule has 0 unspecified atom stereocenters. The molecule has 0 spiro atoms. The van der Waals surface area contributed by atoms with Gasteiger partial charge in [0.1, 0.15) is 15.6 Å². The van der Waals surface area contributed by atoms with Crippen molar-refractivity contribution in [3.63, 3.8) is 0 Å². The zero-order chi connectivity index (χ0) is 14.2. The molecule has 2 aromatic heterocycles. The second-order valence-electron chi connectivity index (χ2n) is 3.50. The van der Waals surface area contributed by atoms with Gasteiger partial charge in [0, 0.05) is 13.1 Å². The lowest BCUT2D eigenvalue weighted by molar-refractivity contribution is 0.0702. The molecule has 2 rings (SSSR count). The molecule has 19 heavy (non-hydrogen) atoms. The molecule has 2 aromatic rings. The summed E-state index contributed by atoms with van der Waals surface area (Å²) in [5, 5.41) is 12.7. The second kappa shape index (κ2) is 4.94. The van der Waals surface area contributed by atoms with Crippen LogP contribution in [0, 0.1) is 0 Å². The molecule has 0 radical (unpaired) electrons. The van der Waals surface area contributed by atoms with Gasteiger partial charge in [0.05, 0.1) is 9.98 Å². The summed E-state index contributed by atoms with van der Waals surface area (Å²) in [7, 11) is -2.27. The lowest BCUT2D eigenvalue weighted by Crippen LogP contribution is -2.15. The van der Waals surface area contributed by atoms with E-state index >= 15 is 0 Å². The summed E-state index contributed by atoms with van der Waals surface area (Å²) in [5.74, 6) is -0.886. The van der Waals surface area contributed by atoms with Crippen LogP contribution in [0.5, 0.6) is 0 Å². The fraction of sp³-hybridized carbons (Fsp3) is 0.111. The number of anilines is 1. The van der Waals surface area contributed by atoms with Gasteiger partial charge in [0.25, 0.3) is 10.0 Å². The molecule has 0 aromatic carbocycles. The summed E-state index contributed by atoms with van der Waals surface area (Å²) in [5.41, 5.74) is 0. The molecule has 0 aliphatic carbocycles. The SMILES string of the molecule is Cn1nccc1NS(=O)(=O)c1cc(C(=O)O)sc1Br. The lowest BCUT2D eigenvalue weighted by atomic mass is 10.5. The first-order chi connectivity index (χ1) is 8.81. The summed E-state index contributed by atoms with van der Waals surface area (Å²) >= 11 is 3.90. The number of aromatic carboxylic acids is 1. The molecule has 0 saturated heterocycles. The third-order valence-corrected chi connectivity index (χ3v) is 5.81. The molecule has 7 nitrogen and oxygen atoms in total. The lowest BCUT2D eigenvalue weighted by Gasteiger charge is -2.06. The van der Waals surface area contributed by atoms with E-state index in [0.717, 1.165) is 17.4 Å². The molecule has 10 heteroatoms. The van der Waals surface area contributed by atoms with Gasteiger partial charge in [-0.05, 0) is 22.0 Å². The number of sulfonamides is 1. The Balaban J connectivity index is 2.40. The van der Waals surface area contributed by atoms with Crippen LogP contribution in [-0.4, -0.2) is 29.3 Å². The summed E-state index contributed by atoms with van der Waals surface area (Å²) < 4.78 is 28.2. The molecular weight excluding hydrogens is 358 g/mol. The van der Waals surface area contributed by atoms with Crippen LogP contribution in [0.15, 0.2) is 27.0 Å². The topological polar surface area (TPSA) is 101 Å². The number of nitrogens with one attached hydrogen (secondary N) is 1. The number of aryl methyl sites for hydroxylation is 1. The van der Waals surface area contributed by atoms with Crippen molar-refractivity contribution >= 4 is 49.1 Å². The highest BCUT2D eigenvalue weighted by molar-refractivity contribution is 9.11. The quantitative estimate of drug-likeness (QED) is 0.859. The molecule has 0 aliphatic rings. The number of thiophene rings is 1. The molecule has 0 aliphatic heterocycles. The van der Waals surface area contributed by atoms with Gasteiger partial charge in [-0.15, -0.1) is 11.3 Å². The monoisotopic (exact) mass is 365 g/mol. The van der Waals surface area contributed by atoms with Crippen LogP contribution in [0.1, 0.15) is 9.67 Å². The molecule has 0 fully saturated rings. The van der Waals surface area contributed by atoms with Crippen molar-refractivity contribution in [2.75, 3.05) is 4.72 Å². The van der Waals surface area contributed by atoms with E-state index in [-0.39, 0.29) is 19.4 Å². The minimum Gasteiger partial charge on any atom is -0.477 e. The van der Waals surface area contributed by atoms with Crippen LogP contribution in [0.4, 0.5) is 5.82 Å². The van der Waals surface area contributed by atoms with E-state index in [1.165, 1.54) is 16.9 Å². The molecule has 2 N–H and O–H groups in total.